The Bertz CT molecular complexity index is 1040. The highest BCUT2D eigenvalue weighted by atomic mass is 32.1. The van der Waals surface area contributed by atoms with Crippen LogP contribution in [-0.2, 0) is 11.3 Å². The van der Waals surface area contributed by atoms with Gasteiger partial charge in [-0.2, -0.15) is 0 Å². The van der Waals surface area contributed by atoms with Gasteiger partial charge in [0, 0.05) is 29.2 Å². The van der Waals surface area contributed by atoms with Crippen LogP contribution in [0.25, 0.3) is 10.2 Å². The fourth-order valence-corrected chi connectivity index (χ4v) is 4.14. The third-order valence-corrected chi connectivity index (χ3v) is 5.67. The number of fused-ring (bicyclic) bond motifs is 1. The quantitative estimate of drug-likeness (QED) is 0.679. The highest BCUT2D eigenvalue weighted by Crippen LogP contribution is 2.31. The average molecular weight is 397 g/mol. The van der Waals surface area contributed by atoms with E-state index in [0.717, 1.165) is 32.7 Å². The molecule has 0 atom stereocenters. The van der Waals surface area contributed by atoms with Crippen molar-refractivity contribution < 1.29 is 9.59 Å². The van der Waals surface area contributed by atoms with Crippen molar-refractivity contribution in [3.8, 4) is 0 Å². The molecule has 2 N–H and O–H groups in total. The molecule has 0 radical (unpaired) electrons. The molecule has 6 nitrogen and oxygen atoms in total. The number of nitrogens with zero attached hydrogens (tertiary/aromatic N) is 2. The molecule has 0 spiro atoms. The second-order valence-corrected chi connectivity index (χ2v) is 8.12. The largest absolute Gasteiger partial charge is 0.347 e. The van der Waals surface area contributed by atoms with Crippen LogP contribution < -0.4 is 10.6 Å². The van der Waals surface area contributed by atoms with E-state index in [4.69, 9.17) is 0 Å². The van der Waals surface area contributed by atoms with Crippen molar-refractivity contribution >= 4 is 39.1 Å². The van der Waals surface area contributed by atoms with Gasteiger partial charge in [-0.3, -0.25) is 9.59 Å². The lowest BCUT2D eigenvalue weighted by atomic mass is 10.1. The number of thiophene rings is 1. The van der Waals surface area contributed by atoms with Crippen LogP contribution in [-0.4, -0.2) is 21.8 Å². The van der Waals surface area contributed by atoms with Gasteiger partial charge in [0.25, 0.3) is 5.91 Å². The summed E-state index contributed by atoms with van der Waals surface area (Å²) in [7, 11) is 0. The van der Waals surface area contributed by atoms with Crippen LogP contribution in [0.1, 0.15) is 46.2 Å². The minimum atomic E-state index is -0.116. The molecule has 0 aliphatic heterocycles. The maximum absolute atomic E-state index is 12.7. The number of hydrogen-bond acceptors (Lipinski definition) is 5. The Labute approximate surface area is 168 Å². The van der Waals surface area contributed by atoms with Crippen molar-refractivity contribution in [2.45, 2.75) is 41.2 Å². The topological polar surface area (TPSA) is 84.0 Å². The number of anilines is 1. The van der Waals surface area contributed by atoms with Crippen LogP contribution in [0.5, 0.6) is 0 Å². The first kappa shape index (κ1) is 19.9. The molecule has 0 fully saturated rings. The summed E-state index contributed by atoms with van der Waals surface area (Å²) in [6.45, 7) is 9.85. The number of benzene rings is 1. The van der Waals surface area contributed by atoms with Gasteiger partial charge in [-0.25, -0.2) is 9.97 Å². The van der Waals surface area contributed by atoms with E-state index < -0.39 is 0 Å². The predicted octanol–water partition coefficient (Wildman–Crippen LogP) is 4.14. The molecule has 7 heteroatoms. The summed E-state index contributed by atoms with van der Waals surface area (Å²) in [6, 6.07) is 7.47. The number of aromatic nitrogens is 2. The van der Waals surface area contributed by atoms with Crippen LogP contribution in [0.2, 0.25) is 0 Å². The predicted molar refractivity (Wildman–Crippen MR) is 113 cm³/mol. The number of rotatable bonds is 5. The summed E-state index contributed by atoms with van der Waals surface area (Å²) in [6.07, 6.45) is 0. The zero-order valence-corrected chi connectivity index (χ0v) is 17.5. The molecule has 0 saturated heterocycles. The Kier molecular flexibility index (Phi) is 5.74. The lowest BCUT2D eigenvalue weighted by Crippen LogP contribution is -2.22. The summed E-state index contributed by atoms with van der Waals surface area (Å²) < 4.78 is 0. The third-order valence-electron chi connectivity index (χ3n) is 4.49. The first-order chi connectivity index (χ1) is 13.3. The molecule has 0 aliphatic carbocycles. The van der Waals surface area contributed by atoms with E-state index in [9.17, 15) is 9.59 Å². The van der Waals surface area contributed by atoms with Gasteiger partial charge in [0.15, 0.2) is 0 Å². The first-order valence-electron chi connectivity index (χ1n) is 9.18. The Morgan fingerprint density at radius 1 is 1.07 bits per heavy atom. The summed E-state index contributed by atoms with van der Waals surface area (Å²) in [4.78, 5) is 34.8. The highest BCUT2D eigenvalue weighted by Gasteiger charge is 2.18. The Morgan fingerprint density at radius 3 is 2.39 bits per heavy atom. The van der Waals surface area contributed by atoms with Crippen LogP contribution in [0.15, 0.2) is 24.3 Å². The van der Waals surface area contributed by atoms with Crippen molar-refractivity contribution in [2.24, 2.45) is 5.92 Å². The van der Waals surface area contributed by atoms with Crippen LogP contribution in [0.3, 0.4) is 0 Å². The van der Waals surface area contributed by atoms with E-state index in [1.807, 2.05) is 58.9 Å². The van der Waals surface area contributed by atoms with Gasteiger partial charge < -0.3 is 10.6 Å². The molecule has 28 heavy (non-hydrogen) atoms. The van der Waals surface area contributed by atoms with Crippen LogP contribution >= 0.6 is 11.3 Å². The second kappa shape index (κ2) is 8.06. The van der Waals surface area contributed by atoms with Gasteiger partial charge in [-0.1, -0.05) is 26.0 Å². The number of carbonyl (C=O) groups is 2. The van der Waals surface area contributed by atoms with E-state index in [1.54, 1.807) is 0 Å². The first-order valence-corrected chi connectivity index (χ1v) is 10.00. The molecule has 0 saturated carbocycles. The fourth-order valence-electron chi connectivity index (χ4n) is 2.95. The van der Waals surface area contributed by atoms with E-state index in [0.29, 0.717) is 17.2 Å². The fraction of sp³-hybridized carbons (Fsp3) is 0.333. The maximum Gasteiger partial charge on any atom is 0.261 e. The average Bonchev–Trinajstić information content (AvgIpc) is 2.97. The lowest BCUT2D eigenvalue weighted by Gasteiger charge is -2.09. The Morgan fingerprint density at radius 2 is 1.75 bits per heavy atom. The molecular formula is C21H24N4O2S. The number of carbonyl (C=O) groups excluding carboxylic acids is 2. The third kappa shape index (κ3) is 4.20. The molecule has 1 aromatic carbocycles. The monoisotopic (exact) mass is 396 g/mol. The molecule has 0 unspecified atom stereocenters. The number of nitrogens with one attached hydrogen (secondary N) is 2. The van der Waals surface area contributed by atoms with Crippen molar-refractivity contribution in [3.63, 3.8) is 0 Å². The molecule has 3 aromatic rings. The maximum atomic E-state index is 12.7. The summed E-state index contributed by atoms with van der Waals surface area (Å²) >= 11 is 1.40. The van der Waals surface area contributed by atoms with Gasteiger partial charge in [0.05, 0.1) is 4.88 Å². The van der Waals surface area contributed by atoms with E-state index in [1.165, 1.54) is 11.3 Å². The number of hydrogen-bond donors (Lipinski definition) is 2. The standard InChI is InChI=1S/C21H24N4O2S/c1-11(2)19(26)25-16-8-6-15(7-9-16)10-22-20(27)18-12(3)17-13(4)23-14(5)24-21(17)28-18/h6-9,11H,10H2,1-5H3,(H,22,27)(H,25,26). The van der Waals surface area contributed by atoms with Gasteiger partial charge in [0.2, 0.25) is 5.91 Å². The SMILES string of the molecule is Cc1nc(C)c2c(C)c(C(=O)NCc3ccc(NC(=O)C(C)C)cc3)sc2n1. The molecule has 146 valence electrons. The van der Waals surface area contributed by atoms with Gasteiger partial charge in [0.1, 0.15) is 10.7 Å². The summed E-state index contributed by atoms with van der Waals surface area (Å²) in [5.74, 6) is 0.508. The molecule has 0 bridgehead atoms. The molecular weight excluding hydrogens is 372 g/mol. The minimum Gasteiger partial charge on any atom is -0.347 e. The summed E-state index contributed by atoms with van der Waals surface area (Å²) in [5.41, 5.74) is 3.52. The van der Waals surface area contributed by atoms with E-state index >= 15 is 0 Å². The van der Waals surface area contributed by atoms with Crippen LogP contribution in [0, 0.1) is 26.7 Å². The minimum absolute atomic E-state index is 0.0186. The van der Waals surface area contributed by atoms with Gasteiger partial charge in [-0.05, 0) is 44.0 Å². The lowest BCUT2D eigenvalue weighted by molar-refractivity contribution is -0.118. The summed E-state index contributed by atoms with van der Waals surface area (Å²) in [5, 5.41) is 6.78. The zero-order chi connectivity index (χ0) is 20.4. The molecule has 0 aliphatic rings. The van der Waals surface area contributed by atoms with Crippen molar-refractivity contribution in [1.29, 1.82) is 0 Å². The molecule has 2 heterocycles. The molecule has 3 rings (SSSR count). The van der Waals surface area contributed by atoms with Crippen molar-refractivity contribution in [3.05, 3.63) is 51.8 Å². The number of aryl methyl sites for hydroxylation is 3. The Hall–Kier alpha value is -2.80. The van der Waals surface area contributed by atoms with Gasteiger partial charge >= 0.3 is 0 Å². The van der Waals surface area contributed by atoms with Crippen molar-refractivity contribution in [1.82, 2.24) is 15.3 Å². The Balaban J connectivity index is 1.69. The van der Waals surface area contributed by atoms with Crippen molar-refractivity contribution in [2.75, 3.05) is 5.32 Å². The molecule has 2 amide bonds. The smallest absolute Gasteiger partial charge is 0.261 e. The molecule has 2 aromatic heterocycles. The normalized spacial score (nSPS) is 11.1. The van der Waals surface area contributed by atoms with E-state index in [2.05, 4.69) is 20.6 Å². The second-order valence-electron chi connectivity index (χ2n) is 7.12. The van der Waals surface area contributed by atoms with Crippen LogP contribution in [0.4, 0.5) is 5.69 Å². The number of amides is 2. The highest BCUT2D eigenvalue weighted by molar-refractivity contribution is 7.20. The van der Waals surface area contributed by atoms with Gasteiger partial charge in [-0.15, -0.1) is 11.3 Å². The zero-order valence-electron chi connectivity index (χ0n) is 16.7. The van der Waals surface area contributed by atoms with E-state index in [-0.39, 0.29) is 17.7 Å².